The summed E-state index contributed by atoms with van der Waals surface area (Å²) < 4.78 is 4.95. The Morgan fingerprint density at radius 1 is 1.38 bits per heavy atom. The van der Waals surface area contributed by atoms with Crippen molar-refractivity contribution in [2.24, 2.45) is 0 Å². The Morgan fingerprint density at radius 2 is 2.12 bits per heavy atom. The summed E-state index contributed by atoms with van der Waals surface area (Å²) in [7, 11) is 2.14. The maximum Gasteiger partial charge on any atom is 0.409 e. The molecule has 2 saturated heterocycles. The second-order valence-electron chi connectivity index (χ2n) is 4.62. The largest absolute Gasteiger partial charge is 0.447 e. The lowest BCUT2D eigenvalue weighted by Crippen LogP contribution is -2.40. The predicted molar refractivity (Wildman–Crippen MR) is 59.2 cm³/mol. The highest BCUT2D eigenvalue weighted by molar-refractivity contribution is 5.67. The predicted octanol–water partition coefficient (Wildman–Crippen LogP) is 0.284. The van der Waals surface area contributed by atoms with Crippen LogP contribution in [0.4, 0.5) is 4.79 Å². The molecule has 0 aliphatic carbocycles. The van der Waals surface area contributed by atoms with Gasteiger partial charge >= 0.3 is 6.09 Å². The number of aliphatic hydroxyl groups excluding tert-OH is 1. The van der Waals surface area contributed by atoms with Crippen molar-refractivity contribution >= 4 is 6.09 Å². The average molecular weight is 228 g/mol. The molecule has 0 aromatic rings. The molecule has 16 heavy (non-hydrogen) atoms. The molecule has 0 spiro atoms. The van der Waals surface area contributed by atoms with Gasteiger partial charge in [0, 0.05) is 25.2 Å². The number of ether oxygens (including phenoxy) is 1. The van der Waals surface area contributed by atoms with Crippen molar-refractivity contribution in [3.63, 3.8) is 0 Å². The second kappa shape index (κ2) is 5.01. The first-order valence-corrected chi connectivity index (χ1v) is 5.97. The van der Waals surface area contributed by atoms with Crippen LogP contribution in [-0.4, -0.2) is 66.4 Å². The van der Waals surface area contributed by atoms with E-state index in [1.54, 1.807) is 4.90 Å². The summed E-state index contributed by atoms with van der Waals surface area (Å²) in [6, 6.07) is 1.11. The van der Waals surface area contributed by atoms with Gasteiger partial charge in [0.15, 0.2) is 0 Å². The summed E-state index contributed by atoms with van der Waals surface area (Å²) in [5.41, 5.74) is 0. The van der Waals surface area contributed by atoms with E-state index in [4.69, 9.17) is 9.84 Å². The summed E-state index contributed by atoms with van der Waals surface area (Å²) in [6.45, 7) is 1.53. The molecule has 2 heterocycles. The molecule has 1 amide bonds. The third kappa shape index (κ3) is 2.30. The number of nitrogens with zero attached hydrogens (tertiary/aromatic N) is 2. The third-order valence-corrected chi connectivity index (χ3v) is 3.72. The maximum absolute atomic E-state index is 11.7. The van der Waals surface area contributed by atoms with Gasteiger partial charge < -0.3 is 14.7 Å². The topological polar surface area (TPSA) is 53.0 Å². The van der Waals surface area contributed by atoms with E-state index in [1.165, 1.54) is 12.8 Å². The van der Waals surface area contributed by atoms with Crippen LogP contribution in [0.5, 0.6) is 0 Å². The molecular weight excluding hydrogens is 208 g/mol. The number of carbonyl (C=O) groups excluding carboxylic acids is 1. The van der Waals surface area contributed by atoms with Crippen molar-refractivity contribution in [2.45, 2.75) is 31.3 Å². The molecule has 2 fully saturated rings. The van der Waals surface area contributed by atoms with E-state index >= 15 is 0 Å². The first-order chi connectivity index (χ1) is 7.72. The van der Waals surface area contributed by atoms with Gasteiger partial charge in [0.05, 0.1) is 6.61 Å². The van der Waals surface area contributed by atoms with Crippen LogP contribution in [0.1, 0.15) is 19.3 Å². The highest BCUT2D eigenvalue weighted by Gasteiger charge is 2.36. The van der Waals surface area contributed by atoms with Crippen LogP contribution in [0.25, 0.3) is 0 Å². The van der Waals surface area contributed by atoms with Crippen LogP contribution in [0.3, 0.4) is 0 Å². The van der Waals surface area contributed by atoms with E-state index in [-0.39, 0.29) is 19.3 Å². The minimum absolute atomic E-state index is 0.0965. The normalized spacial score (nSPS) is 30.2. The van der Waals surface area contributed by atoms with Gasteiger partial charge in [0.1, 0.15) is 6.61 Å². The van der Waals surface area contributed by atoms with Crippen molar-refractivity contribution in [1.82, 2.24) is 9.80 Å². The minimum atomic E-state index is -0.282. The van der Waals surface area contributed by atoms with Crippen molar-refractivity contribution in [2.75, 3.05) is 33.4 Å². The molecule has 2 atom stereocenters. The van der Waals surface area contributed by atoms with Crippen LogP contribution in [0.2, 0.25) is 0 Å². The Kier molecular flexibility index (Phi) is 3.66. The minimum Gasteiger partial charge on any atom is -0.447 e. The lowest BCUT2D eigenvalue weighted by molar-refractivity contribution is 0.0814. The Bertz CT molecular complexity index is 260. The van der Waals surface area contributed by atoms with Crippen molar-refractivity contribution in [3.05, 3.63) is 0 Å². The van der Waals surface area contributed by atoms with E-state index in [1.807, 2.05) is 0 Å². The number of fused-ring (bicyclic) bond motifs is 2. The van der Waals surface area contributed by atoms with Crippen molar-refractivity contribution < 1.29 is 14.6 Å². The molecule has 1 N–H and O–H groups in total. The van der Waals surface area contributed by atoms with E-state index in [0.717, 1.165) is 19.5 Å². The standard InChI is InChI=1S/C11H20N2O3/c1-12-9-2-3-10(12)8-13(5-4-9)11(15)16-7-6-14/h9-10,14H,2-8H2,1H3. The number of likely N-dealkylation sites (N-methyl/N-ethyl adjacent to an activating group) is 1. The quantitative estimate of drug-likeness (QED) is 0.738. The highest BCUT2D eigenvalue weighted by Crippen LogP contribution is 2.28. The first-order valence-electron chi connectivity index (χ1n) is 5.97. The fourth-order valence-corrected chi connectivity index (χ4v) is 2.70. The maximum atomic E-state index is 11.7. The van der Waals surface area contributed by atoms with Gasteiger partial charge in [-0.25, -0.2) is 4.79 Å². The number of hydrogen-bond donors (Lipinski definition) is 1. The molecule has 92 valence electrons. The van der Waals surface area contributed by atoms with E-state index < -0.39 is 0 Å². The van der Waals surface area contributed by atoms with Gasteiger partial charge in [-0.3, -0.25) is 4.90 Å². The van der Waals surface area contributed by atoms with Gasteiger partial charge in [-0.2, -0.15) is 0 Å². The van der Waals surface area contributed by atoms with E-state index in [2.05, 4.69) is 11.9 Å². The van der Waals surface area contributed by atoms with Gasteiger partial charge in [-0.1, -0.05) is 0 Å². The van der Waals surface area contributed by atoms with Crippen molar-refractivity contribution in [1.29, 1.82) is 0 Å². The summed E-state index contributed by atoms with van der Waals surface area (Å²) >= 11 is 0. The van der Waals surface area contributed by atoms with Crippen LogP contribution in [0.15, 0.2) is 0 Å². The summed E-state index contributed by atoms with van der Waals surface area (Å²) in [5, 5.41) is 8.61. The van der Waals surface area contributed by atoms with Gasteiger partial charge in [-0.15, -0.1) is 0 Å². The summed E-state index contributed by atoms with van der Waals surface area (Å²) in [5.74, 6) is 0. The lowest BCUT2D eigenvalue weighted by atomic mass is 10.1. The Balaban J connectivity index is 1.90. The Hall–Kier alpha value is -0.810. The van der Waals surface area contributed by atoms with Crippen molar-refractivity contribution in [3.8, 4) is 0 Å². The van der Waals surface area contributed by atoms with E-state index in [0.29, 0.717) is 12.1 Å². The summed E-state index contributed by atoms with van der Waals surface area (Å²) in [6.07, 6.45) is 3.17. The molecule has 2 aliphatic heterocycles. The van der Waals surface area contributed by atoms with Crippen LogP contribution in [0, 0.1) is 0 Å². The molecule has 2 unspecified atom stereocenters. The molecule has 5 nitrogen and oxygen atoms in total. The number of carbonyl (C=O) groups is 1. The number of hydrogen-bond acceptors (Lipinski definition) is 4. The number of aliphatic hydroxyl groups is 1. The van der Waals surface area contributed by atoms with Crippen LogP contribution in [-0.2, 0) is 4.74 Å². The molecular formula is C11H20N2O3. The van der Waals surface area contributed by atoms with Gasteiger partial charge in [0.25, 0.3) is 0 Å². The highest BCUT2D eigenvalue weighted by atomic mass is 16.6. The Morgan fingerprint density at radius 3 is 2.88 bits per heavy atom. The Labute approximate surface area is 96.0 Å². The average Bonchev–Trinajstić information content (AvgIpc) is 2.50. The molecule has 0 saturated carbocycles. The molecule has 0 radical (unpaired) electrons. The first kappa shape index (κ1) is 11.7. The fraction of sp³-hybridized carbons (Fsp3) is 0.909. The third-order valence-electron chi connectivity index (χ3n) is 3.72. The zero-order valence-electron chi connectivity index (χ0n) is 9.76. The number of rotatable bonds is 2. The SMILES string of the molecule is CN1C2CCC1CN(C(=O)OCCO)CC2. The zero-order chi connectivity index (χ0) is 11.5. The van der Waals surface area contributed by atoms with Crippen LogP contribution < -0.4 is 0 Å². The van der Waals surface area contributed by atoms with E-state index in [9.17, 15) is 4.79 Å². The smallest absolute Gasteiger partial charge is 0.409 e. The van der Waals surface area contributed by atoms with Gasteiger partial charge in [0.2, 0.25) is 0 Å². The zero-order valence-corrected chi connectivity index (χ0v) is 9.76. The van der Waals surface area contributed by atoms with Crippen LogP contribution >= 0.6 is 0 Å². The summed E-state index contributed by atoms with van der Waals surface area (Å²) in [4.78, 5) is 15.8. The molecule has 2 aliphatic rings. The lowest BCUT2D eigenvalue weighted by Gasteiger charge is -2.25. The molecule has 5 heteroatoms. The molecule has 0 aromatic heterocycles. The number of likely N-dealkylation sites (tertiary alicyclic amines) is 1. The molecule has 2 bridgehead atoms. The molecule has 2 rings (SSSR count). The fourth-order valence-electron chi connectivity index (χ4n) is 2.70. The number of amides is 1. The second-order valence-corrected chi connectivity index (χ2v) is 4.62. The molecule has 0 aromatic carbocycles. The monoisotopic (exact) mass is 228 g/mol. The van der Waals surface area contributed by atoms with Gasteiger partial charge in [-0.05, 0) is 26.3 Å².